The lowest BCUT2D eigenvalue weighted by Crippen LogP contribution is -2.12. The van der Waals surface area contributed by atoms with Crippen LogP contribution in [0.3, 0.4) is 0 Å². The Kier molecular flexibility index (Phi) is 4.98. The van der Waals surface area contributed by atoms with Crippen LogP contribution in [0.4, 0.5) is 0 Å². The average Bonchev–Trinajstić information content (AvgIpc) is 3.55. The highest BCUT2D eigenvalue weighted by molar-refractivity contribution is 5.94. The molecule has 0 fully saturated rings. The zero-order valence-corrected chi connectivity index (χ0v) is 21.6. The Morgan fingerprint density at radius 1 is 0.775 bits per heavy atom. The quantitative estimate of drug-likeness (QED) is 0.239. The second-order valence-corrected chi connectivity index (χ2v) is 10.3. The molecule has 188 valence electrons. The van der Waals surface area contributed by atoms with Crippen LogP contribution in [0.1, 0.15) is 28.4 Å². The lowest BCUT2D eigenvalue weighted by atomic mass is 9.87. The third kappa shape index (κ3) is 3.49. The van der Waals surface area contributed by atoms with Crippen molar-refractivity contribution in [2.75, 3.05) is 0 Å². The smallest absolute Gasteiger partial charge is 0.141 e. The van der Waals surface area contributed by atoms with Crippen molar-refractivity contribution in [3.63, 3.8) is 0 Å². The summed E-state index contributed by atoms with van der Waals surface area (Å²) in [4.78, 5) is 4.12. The highest BCUT2D eigenvalue weighted by atomic mass is 16.5. The molecule has 4 nitrogen and oxygen atoms in total. The molecule has 2 aromatic heterocycles. The van der Waals surface area contributed by atoms with Gasteiger partial charge < -0.3 is 9.30 Å². The molecule has 40 heavy (non-hydrogen) atoms. The summed E-state index contributed by atoms with van der Waals surface area (Å²) in [7, 11) is 0. The minimum atomic E-state index is 0.227. The molecule has 1 unspecified atom stereocenters. The molecule has 0 amide bonds. The van der Waals surface area contributed by atoms with Gasteiger partial charge >= 0.3 is 0 Å². The van der Waals surface area contributed by atoms with Crippen molar-refractivity contribution in [3.05, 3.63) is 144 Å². The van der Waals surface area contributed by atoms with Gasteiger partial charge in [-0.15, -0.1) is 0 Å². The van der Waals surface area contributed by atoms with Gasteiger partial charge in [0.25, 0.3) is 0 Å². The number of fused-ring (bicyclic) bond motifs is 6. The van der Waals surface area contributed by atoms with E-state index in [1.54, 1.807) is 6.20 Å². The number of hydrogen-bond acceptors (Lipinski definition) is 3. The van der Waals surface area contributed by atoms with Crippen LogP contribution in [0.25, 0.3) is 44.9 Å². The first kappa shape index (κ1) is 22.6. The molecule has 1 aliphatic heterocycles. The first-order valence-electron chi connectivity index (χ1n) is 13.4. The van der Waals surface area contributed by atoms with E-state index in [0.29, 0.717) is 5.69 Å². The zero-order chi connectivity index (χ0) is 26.6. The van der Waals surface area contributed by atoms with Gasteiger partial charge in [-0.3, -0.25) is 0 Å². The van der Waals surface area contributed by atoms with Gasteiger partial charge in [0.05, 0.1) is 11.4 Å². The summed E-state index contributed by atoms with van der Waals surface area (Å²) in [5, 5.41) is 10.5. The number of para-hydroxylation sites is 2. The van der Waals surface area contributed by atoms with Crippen molar-refractivity contribution in [1.82, 2.24) is 9.55 Å². The molecule has 0 saturated heterocycles. The van der Waals surface area contributed by atoms with E-state index in [9.17, 15) is 5.26 Å². The topological polar surface area (TPSA) is 50.8 Å². The Morgan fingerprint density at radius 3 is 2.40 bits per heavy atom. The van der Waals surface area contributed by atoms with Crippen molar-refractivity contribution in [2.24, 2.45) is 0 Å². The van der Waals surface area contributed by atoms with Gasteiger partial charge in [-0.25, -0.2) is 4.98 Å². The van der Waals surface area contributed by atoms with E-state index in [1.165, 1.54) is 27.7 Å². The molecule has 2 aliphatic rings. The maximum atomic E-state index is 9.30. The molecule has 1 atom stereocenters. The Balaban J connectivity index is 1.25. The Labute approximate surface area is 232 Å². The number of benzene rings is 4. The number of nitrogens with zero attached hydrogens (tertiary/aromatic N) is 3. The first-order valence-corrected chi connectivity index (χ1v) is 13.4. The van der Waals surface area contributed by atoms with Crippen LogP contribution >= 0.6 is 0 Å². The highest BCUT2D eigenvalue weighted by Gasteiger charge is 2.35. The van der Waals surface area contributed by atoms with Crippen molar-refractivity contribution in [3.8, 4) is 39.8 Å². The van der Waals surface area contributed by atoms with Gasteiger partial charge in [0.2, 0.25) is 0 Å². The minimum absolute atomic E-state index is 0.227. The van der Waals surface area contributed by atoms with E-state index in [1.807, 2.05) is 18.2 Å². The third-order valence-electron chi connectivity index (χ3n) is 8.07. The van der Waals surface area contributed by atoms with Crippen LogP contribution in [-0.4, -0.2) is 9.55 Å². The van der Waals surface area contributed by atoms with Gasteiger partial charge in [0.15, 0.2) is 0 Å². The predicted molar refractivity (Wildman–Crippen MR) is 158 cm³/mol. The van der Waals surface area contributed by atoms with Crippen LogP contribution in [0, 0.1) is 11.3 Å². The van der Waals surface area contributed by atoms with E-state index in [0.717, 1.165) is 45.9 Å². The summed E-state index contributed by atoms with van der Waals surface area (Å²) >= 11 is 0. The number of aromatic nitrogens is 2. The van der Waals surface area contributed by atoms with Crippen LogP contribution < -0.4 is 4.74 Å². The van der Waals surface area contributed by atoms with E-state index in [4.69, 9.17) is 4.74 Å². The predicted octanol–water partition coefficient (Wildman–Crippen LogP) is 8.30. The number of rotatable bonds is 3. The molecule has 0 spiro atoms. The van der Waals surface area contributed by atoms with Gasteiger partial charge in [0, 0.05) is 40.5 Å². The highest BCUT2D eigenvalue weighted by Crippen LogP contribution is 2.48. The molecule has 6 aromatic rings. The molecule has 4 aromatic carbocycles. The van der Waals surface area contributed by atoms with Crippen molar-refractivity contribution in [2.45, 2.75) is 12.3 Å². The average molecular weight is 514 g/mol. The second-order valence-electron chi connectivity index (χ2n) is 10.3. The van der Waals surface area contributed by atoms with Crippen molar-refractivity contribution < 1.29 is 4.74 Å². The van der Waals surface area contributed by atoms with Gasteiger partial charge in [-0.05, 0) is 70.8 Å². The van der Waals surface area contributed by atoms with Crippen molar-refractivity contribution in [1.29, 1.82) is 5.26 Å². The fraction of sp³-hybridized carbons (Fsp3) is 0.0556. The normalized spacial score (nSPS) is 15.0. The lowest BCUT2D eigenvalue weighted by molar-refractivity contribution is 0.428. The first-order chi connectivity index (χ1) is 19.8. The SMILES string of the molecule is N#Cc1cc(-c2cccc(-c3cccc(-n4c5c(c6ccccc64)C=C4Oc6ccccc6C4C5)c3)c2)ccn1. The second kappa shape index (κ2) is 8.83. The van der Waals surface area contributed by atoms with Crippen LogP contribution in [0.5, 0.6) is 5.75 Å². The fourth-order valence-corrected chi connectivity index (χ4v) is 6.24. The minimum Gasteiger partial charge on any atom is -0.461 e. The molecule has 0 N–H and O–H groups in total. The molecule has 0 bridgehead atoms. The van der Waals surface area contributed by atoms with Crippen molar-refractivity contribution >= 4 is 17.0 Å². The summed E-state index contributed by atoms with van der Waals surface area (Å²) in [5.41, 5.74) is 10.9. The number of allylic oxidation sites excluding steroid dienone is 1. The lowest BCUT2D eigenvalue weighted by Gasteiger charge is -2.20. The Morgan fingerprint density at radius 2 is 1.52 bits per heavy atom. The summed E-state index contributed by atoms with van der Waals surface area (Å²) in [6.45, 7) is 0. The number of nitriles is 1. The molecular weight excluding hydrogens is 490 g/mol. The molecule has 0 radical (unpaired) electrons. The maximum Gasteiger partial charge on any atom is 0.141 e. The molecular formula is C36H23N3O. The van der Waals surface area contributed by atoms with E-state index in [-0.39, 0.29) is 5.92 Å². The van der Waals surface area contributed by atoms with Gasteiger partial charge in [-0.1, -0.05) is 66.7 Å². The van der Waals surface area contributed by atoms with Crippen LogP contribution in [-0.2, 0) is 6.42 Å². The largest absolute Gasteiger partial charge is 0.461 e. The maximum absolute atomic E-state index is 9.30. The standard InChI is InChI=1S/C36H23N3O/c37-22-27-18-26(15-16-38-27)24-8-5-7-23(17-24)25-9-6-10-28(19-25)39-33-13-3-1-11-29(33)31-21-36-32(20-34(31)39)30-12-2-4-14-35(30)40-36/h1-19,21,32H,20H2. The monoisotopic (exact) mass is 513 g/mol. The number of hydrogen-bond donors (Lipinski definition) is 0. The molecule has 1 aliphatic carbocycles. The summed E-state index contributed by atoms with van der Waals surface area (Å²) in [5.74, 6) is 2.24. The summed E-state index contributed by atoms with van der Waals surface area (Å²) in [6.07, 6.45) is 4.82. The van der Waals surface area contributed by atoms with E-state index in [2.05, 4.69) is 113 Å². The summed E-state index contributed by atoms with van der Waals surface area (Å²) < 4.78 is 8.73. The number of ether oxygens (including phenoxy) is 1. The van der Waals surface area contributed by atoms with Gasteiger partial charge in [-0.2, -0.15) is 5.26 Å². The fourth-order valence-electron chi connectivity index (χ4n) is 6.24. The van der Waals surface area contributed by atoms with Crippen LogP contribution in [0.2, 0.25) is 0 Å². The molecule has 8 rings (SSSR count). The third-order valence-corrected chi connectivity index (χ3v) is 8.07. The summed E-state index contributed by atoms with van der Waals surface area (Å²) in [6, 6.07) is 40.2. The van der Waals surface area contributed by atoms with E-state index >= 15 is 0 Å². The molecule has 0 saturated carbocycles. The van der Waals surface area contributed by atoms with Gasteiger partial charge in [0.1, 0.15) is 23.3 Å². The number of pyridine rings is 1. The molecule has 3 heterocycles. The van der Waals surface area contributed by atoms with Crippen LogP contribution in [0.15, 0.2) is 121 Å². The Bertz CT molecular complexity index is 2040. The van der Waals surface area contributed by atoms with E-state index < -0.39 is 0 Å². The zero-order valence-electron chi connectivity index (χ0n) is 21.6. The molecule has 4 heteroatoms. The Hall–Kier alpha value is -5.40.